The van der Waals surface area contributed by atoms with Crippen molar-refractivity contribution >= 4 is 23.7 Å². The van der Waals surface area contributed by atoms with Gasteiger partial charge in [0.05, 0.1) is 6.21 Å². The minimum atomic E-state index is -0.402. The molecule has 0 bridgehead atoms. The van der Waals surface area contributed by atoms with Gasteiger partial charge in [-0.05, 0) is 60.2 Å². The van der Waals surface area contributed by atoms with Crippen molar-refractivity contribution in [2.75, 3.05) is 5.32 Å². The summed E-state index contributed by atoms with van der Waals surface area (Å²) >= 11 is 0. The molecule has 0 fully saturated rings. The first-order chi connectivity index (χ1) is 13.1. The number of carbonyl (C=O) groups is 2. The van der Waals surface area contributed by atoms with Crippen molar-refractivity contribution < 1.29 is 14.7 Å². The molecule has 0 spiro atoms. The topological polar surface area (TPSA) is 90.8 Å². The molecule has 0 radical (unpaired) electrons. The van der Waals surface area contributed by atoms with Crippen LogP contribution in [0.15, 0.2) is 84.0 Å². The number of phenols is 1. The molecule has 6 nitrogen and oxygen atoms in total. The lowest BCUT2D eigenvalue weighted by atomic mass is 10.1. The van der Waals surface area contributed by atoms with Crippen molar-refractivity contribution in [1.29, 1.82) is 0 Å². The van der Waals surface area contributed by atoms with Crippen LogP contribution in [0, 0.1) is 0 Å². The Morgan fingerprint density at radius 2 is 1.52 bits per heavy atom. The summed E-state index contributed by atoms with van der Waals surface area (Å²) in [6, 6.07) is 21.8. The van der Waals surface area contributed by atoms with Crippen LogP contribution in [-0.2, 0) is 0 Å². The van der Waals surface area contributed by atoms with Crippen LogP contribution in [0.5, 0.6) is 5.75 Å². The highest BCUT2D eigenvalue weighted by molar-refractivity contribution is 6.05. The Morgan fingerprint density at radius 1 is 0.815 bits per heavy atom. The maximum Gasteiger partial charge on any atom is 0.271 e. The molecule has 27 heavy (non-hydrogen) atoms. The Morgan fingerprint density at radius 3 is 2.26 bits per heavy atom. The van der Waals surface area contributed by atoms with Crippen LogP contribution in [0.25, 0.3) is 0 Å². The summed E-state index contributed by atoms with van der Waals surface area (Å²) in [6.07, 6.45) is 1.47. The summed E-state index contributed by atoms with van der Waals surface area (Å²) in [5.74, 6) is -0.495. The quantitative estimate of drug-likeness (QED) is 0.482. The highest BCUT2D eigenvalue weighted by Gasteiger charge is 2.08. The van der Waals surface area contributed by atoms with Gasteiger partial charge in [0.2, 0.25) is 0 Å². The SMILES string of the molecule is O=C(NN=Cc1ccc(O)cc1)c1cccc(NC(=O)c2ccccc2)c1. The van der Waals surface area contributed by atoms with Crippen molar-refractivity contribution in [3.8, 4) is 5.75 Å². The van der Waals surface area contributed by atoms with Gasteiger partial charge in [-0.3, -0.25) is 9.59 Å². The first kappa shape index (κ1) is 17.9. The van der Waals surface area contributed by atoms with E-state index in [1.165, 1.54) is 18.3 Å². The Balaban J connectivity index is 1.63. The van der Waals surface area contributed by atoms with Gasteiger partial charge in [-0.25, -0.2) is 5.43 Å². The summed E-state index contributed by atoms with van der Waals surface area (Å²) in [5, 5.41) is 15.9. The van der Waals surface area contributed by atoms with E-state index >= 15 is 0 Å². The Kier molecular flexibility index (Phi) is 5.59. The molecule has 3 aromatic carbocycles. The molecule has 0 aromatic heterocycles. The second kappa shape index (κ2) is 8.44. The van der Waals surface area contributed by atoms with E-state index in [2.05, 4.69) is 15.8 Å². The lowest BCUT2D eigenvalue weighted by Gasteiger charge is -2.07. The number of phenolic OH excluding ortho intramolecular Hbond substituents is 1. The third kappa shape index (κ3) is 5.02. The second-order valence-corrected chi connectivity index (χ2v) is 5.69. The molecule has 134 valence electrons. The molecule has 3 aromatic rings. The Bertz CT molecular complexity index is 967. The van der Waals surface area contributed by atoms with Gasteiger partial charge in [0.25, 0.3) is 11.8 Å². The number of hydrazone groups is 1. The summed E-state index contributed by atoms with van der Waals surface area (Å²) in [7, 11) is 0. The number of hydrogen-bond acceptors (Lipinski definition) is 4. The minimum Gasteiger partial charge on any atom is -0.508 e. The van der Waals surface area contributed by atoms with Crippen molar-refractivity contribution in [3.05, 3.63) is 95.6 Å². The summed E-state index contributed by atoms with van der Waals surface area (Å²) < 4.78 is 0. The summed E-state index contributed by atoms with van der Waals surface area (Å²) in [5.41, 5.74) is 4.57. The largest absolute Gasteiger partial charge is 0.508 e. The van der Waals surface area contributed by atoms with E-state index in [1.807, 2.05) is 6.07 Å². The van der Waals surface area contributed by atoms with E-state index in [0.717, 1.165) is 5.56 Å². The number of anilines is 1. The van der Waals surface area contributed by atoms with Gasteiger partial charge in [0, 0.05) is 16.8 Å². The molecule has 0 atom stereocenters. The van der Waals surface area contributed by atoms with Crippen LogP contribution in [0.4, 0.5) is 5.69 Å². The number of nitrogens with zero attached hydrogens (tertiary/aromatic N) is 1. The van der Waals surface area contributed by atoms with E-state index in [4.69, 9.17) is 0 Å². The fourth-order valence-corrected chi connectivity index (χ4v) is 2.32. The summed E-state index contributed by atoms with van der Waals surface area (Å²) in [6.45, 7) is 0. The molecule has 0 heterocycles. The third-order valence-corrected chi connectivity index (χ3v) is 3.69. The summed E-state index contributed by atoms with van der Waals surface area (Å²) in [4.78, 5) is 24.4. The number of rotatable bonds is 5. The molecule has 0 aliphatic rings. The number of nitrogens with one attached hydrogen (secondary N) is 2. The van der Waals surface area contributed by atoms with Gasteiger partial charge < -0.3 is 10.4 Å². The average Bonchev–Trinajstić information content (AvgIpc) is 2.70. The maximum absolute atomic E-state index is 12.2. The molecule has 6 heteroatoms. The van der Waals surface area contributed by atoms with Crippen molar-refractivity contribution in [1.82, 2.24) is 5.43 Å². The first-order valence-electron chi connectivity index (χ1n) is 8.21. The van der Waals surface area contributed by atoms with E-state index < -0.39 is 5.91 Å². The molecule has 0 aliphatic heterocycles. The van der Waals surface area contributed by atoms with Crippen LogP contribution in [0.2, 0.25) is 0 Å². The van der Waals surface area contributed by atoms with Gasteiger partial charge in [-0.15, -0.1) is 0 Å². The predicted octanol–water partition coefficient (Wildman–Crippen LogP) is 3.41. The Hall–Kier alpha value is -3.93. The fourth-order valence-electron chi connectivity index (χ4n) is 2.32. The van der Waals surface area contributed by atoms with Crippen LogP contribution in [0.3, 0.4) is 0 Å². The maximum atomic E-state index is 12.2. The van der Waals surface area contributed by atoms with Gasteiger partial charge >= 0.3 is 0 Å². The van der Waals surface area contributed by atoms with Gasteiger partial charge in [-0.1, -0.05) is 24.3 Å². The average molecular weight is 359 g/mol. The lowest BCUT2D eigenvalue weighted by molar-refractivity contribution is 0.0953. The van der Waals surface area contributed by atoms with Crippen LogP contribution >= 0.6 is 0 Å². The van der Waals surface area contributed by atoms with Crippen molar-refractivity contribution in [2.45, 2.75) is 0 Å². The highest BCUT2D eigenvalue weighted by atomic mass is 16.3. The molecular weight excluding hydrogens is 342 g/mol. The standard InChI is InChI=1S/C21H17N3O3/c25-19-11-9-15(10-12-19)14-22-24-21(27)17-7-4-8-18(13-17)23-20(26)16-5-2-1-3-6-16/h1-14,25H,(H,23,26)(H,24,27). The van der Waals surface area contributed by atoms with Gasteiger partial charge in [0.15, 0.2) is 0 Å². The van der Waals surface area contributed by atoms with E-state index in [9.17, 15) is 14.7 Å². The van der Waals surface area contributed by atoms with E-state index in [-0.39, 0.29) is 11.7 Å². The van der Waals surface area contributed by atoms with E-state index in [0.29, 0.717) is 16.8 Å². The number of amides is 2. The molecule has 0 aliphatic carbocycles. The zero-order valence-corrected chi connectivity index (χ0v) is 14.3. The molecule has 0 saturated carbocycles. The third-order valence-electron chi connectivity index (χ3n) is 3.69. The number of hydrogen-bond donors (Lipinski definition) is 3. The molecule has 0 saturated heterocycles. The smallest absolute Gasteiger partial charge is 0.271 e. The zero-order chi connectivity index (χ0) is 19.1. The van der Waals surface area contributed by atoms with Gasteiger partial charge in [0.1, 0.15) is 5.75 Å². The zero-order valence-electron chi connectivity index (χ0n) is 14.3. The molecule has 3 N–H and O–H groups in total. The van der Waals surface area contributed by atoms with Crippen LogP contribution in [0.1, 0.15) is 26.3 Å². The first-order valence-corrected chi connectivity index (χ1v) is 8.21. The number of carbonyl (C=O) groups excluding carboxylic acids is 2. The number of benzene rings is 3. The van der Waals surface area contributed by atoms with E-state index in [1.54, 1.807) is 60.7 Å². The fraction of sp³-hybridized carbons (Fsp3) is 0. The monoisotopic (exact) mass is 359 g/mol. The minimum absolute atomic E-state index is 0.158. The molecule has 0 unspecified atom stereocenters. The Labute approximate surface area is 156 Å². The lowest BCUT2D eigenvalue weighted by Crippen LogP contribution is -2.18. The normalized spacial score (nSPS) is 10.5. The van der Waals surface area contributed by atoms with Crippen molar-refractivity contribution in [2.24, 2.45) is 5.10 Å². The molecule has 2 amide bonds. The van der Waals surface area contributed by atoms with Gasteiger partial charge in [-0.2, -0.15) is 5.10 Å². The van der Waals surface area contributed by atoms with Crippen LogP contribution < -0.4 is 10.7 Å². The predicted molar refractivity (Wildman–Crippen MR) is 104 cm³/mol. The second-order valence-electron chi connectivity index (χ2n) is 5.69. The highest BCUT2D eigenvalue weighted by Crippen LogP contribution is 2.13. The molecular formula is C21H17N3O3. The molecule has 3 rings (SSSR count). The van der Waals surface area contributed by atoms with Crippen LogP contribution in [-0.4, -0.2) is 23.1 Å². The number of aromatic hydroxyl groups is 1. The van der Waals surface area contributed by atoms with Crippen molar-refractivity contribution in [3.63, 3.8) is 0 Å².